The van der Waals surface area contributed by atoms with E-state index in [2.05, 4.69) is 81.8 Å². The molecule has 1 aromatic heterocycles. The topological polar surface area (TPSA) is 92.1 Å². The number of amides is 1. The second kappa shape index (κ2) is 12.3. The number of hydrogen-bond donors (Lipinski definition) is 0. The van der Waals surface area contributed by atoms with Crippen molar-refractivity contribution in [3.63, 3.8) is 0 Å². The number of rotatable bonds is 8. The van der Waals surface area contributed by atoms with E-state index < -0.39 is 0 Å². The molecule has 4 heterocycles. The van der Waals surface area contributed by atoms with E-state index in [0.29, 0.717) is 38.8 Å². The third kappa shape index (κ3) is 5.83. The number of carbonyl (C=O) groups is 1. The van der Waals surface area contributed by atoms with Crippen molar-refractivity contribution in [1.82, 2.24) is 24.7 Å². The van der Waals surface area contributed by atoms with Crippen molar-refractivity contribution in [3.05, 3.63) is 66.4 Å². The Morgan fingerprint density at radius 3 is 2.62 bits per heavy atom. The number of piperazine rings is 2. The minimum Gasteiger partial charge on any atom is -0.461 e. The minimum atomic E-state index is -0.230. The molecule has 0 unspecified atom stereocenters. The van der Waals surface area contributed by atoms with Gasteiger partial charge in [0, 0.05) is 69.0 Å². The van der Waals surface area contributed by atoms with Crippen LogP contribution >= 0.6 is 0 Å². The molecule has 0 N–H and O–H groups in total. The van der Waals surface area contributed by atoms with Gasteiger partial charge in [-0.1, -0.05) is 43.0 Å². The first-order chi connectivity index (χ1) is 22.0. The first-order valence-corrected chi connectivity index (χ1v) is 16.2. The molecule has 1 saturated carbocycles. The van der Waals surface area contributed by atoms with Crippen molar-refractivity contribution >= 4 is 28.2 Å². The lowest BCUT2D eigenvalue weighted by atomic mass is 10.0. The number of hydrogen-bond acceptors (Lipinski definition) is 9. The normalized spacial score (nSPS) is 21.7. The van der Waals surface area contributed by atoms with E-state index in [1.165, 1.54) is 22.5 Å². The van der Waals surface area contributed by atoms with Crippen LogP contribution in [-0.2, 0) is 17.8 Å². The molecule has 1 aliphatic carbocycles. The van der Waals surface area contributed by atoms with Crippen LogP contribution in [0.4, 0.5) is 11.5 Å². The lowest BCUT2D eigenvalue weighted by molar-refractivity contribution is -0.128. The average molecular weight is 607 g/mol. The van der Waals surface area contributed by atoms with Gasteiger partial charge < -0.3 is 24.3 Å². The summed E-state index contributed by atoms with van der Waals surface area (Å²) >= 11 is 0. The van der Waals surface area contributed by atoms with Gasteiger partial charge in [-0.05, 0) is 43.8 Å². The molecule has 0 bridgehead atoms. The van der Waals surface area contributed by atoms with Crippen molar-refractivity contribution < 1.29 is 9.53 Å². The van der Waals surface area contributed by atoms with Gasteiger partial charge in [-0.2, -0.15) is 15.2 Å². The zero-order valence-electron chi connectivity index (χ0n) is 26.2. The maximum atomic E-state index is 12.6. The molecule has 3 fully saturated rings. The van der Waals surface area contributed by atoms with Crippen LogP contribution < -0.4 is 14.5 Å². The highest BCUT2D eigenvalue weighted by atomic mass is 16.5. The van der Waals surface area contributed by atoms with E-state index in [1.807, 2.05) is 0 Å². The van der Waals surface area contributed by atoms with Crippen molar-refractivity contribution in [2.24, 2.45) is 0 Å². The summed E-state index contributed by atoms with van der Waals surface area (Å²) in [4.78, 5) is 34.1. The van der Waals surface area contributed by atoms with E-state index in [0.717, 1.165) is 69.1 Å². The third-order valence-electron chi connectivity index (χ3n) is 10.2. The Hall–Kier alpha value is -4.20. The summed E-state index contributed by atoms with van der Waals surface area (Å²) in [5, 5.41) is 12.0. The van der Waals surface area contributed by atoms with E-state index >= 15 is 0 Å². The lowest BCUT2D eigenvalue weighted by Gasteiger charge is -2.42. The van der Waals surface area contributed by atoms with E-state index in [1.54, 1.807) is 4.90 Å². The summed E-state index contributed by atoms with van der Waals surface area (Å²) in [5.41, 5.74) is 3.40. The fourth-order valence-electron chi connectivity index (χ4n) is 7.32. The Morgan fingerprint density at radius 2 is 1.84 bits per heavy atom. The number of nitriles is 1. The Bertz CT molecular complexity index is 1620. The van der Waals surface area contributed by atoms with Gasteiger partial charge in [-0.15, -0.1) is 0 Å². The van der Waals surface area contributed by atoms with Crippen LogP contribution in [0.3, 0.4) is 0 Å². The molecular weight excluding hydrogens is 564 g/mol. The summed E-state index contributed by atoms with van der Waals surface area (Å²) in [6.07, 6.45) is 4.68. The summed E-state index contributed by atoms with van der Waals surface area (Å²) in [6.45, 7) is 11.7. The van der Waals surface area contributed by atoms with Gasteiger partial charge in [0.05, 0.1) is 36.3 Å². The highest BCUT2D eigenvalue weighted by Gasteiger charge is 2.49. The molecule has 10 nitrogen and oxygen atoms in total. The summed E-state index contributed by atoms with van der Waals surface area (Å²) in [7, 11) is 2.19. The number of aromatic nitrogens is 2. The van der Waals surface area contributed by atoms with Gasteiger partial charge in [-0.25, -0.2) is 0 Å². The first kappa shape index (κ1) is 29.5. The average Bonchev–Trinajstić information content (AvgIpc) is 3.87. The molecule has 10 heteroatoms. The van der Waals surface area contributed by atoms with Gasteiger partial charge in [0.2, 0.25) is 5.91 Å². The van der Waals surface area contributed by atoms with Crippen LogP contribution in [-0.4, -0.2) is 108 Å². The van der Waals surface area contributed by atoms with Crippen LogP contribution in [0.5, 0.6) is 6.01 Å². The third-order valence-corrected chi connectivity index (χ3v) is 10.2. The molecule has 0 radical (unpaired) electrons. The molecule has 3 aliphatic heterocycles. The molecule has 3 aromatic rings. The Labute approximate surface area is 265 Å². The first-order valence-electron chi connectivity index (χ1n) is 16.2. The number of likely N-dealkylation sites (N-methyl/N-ethyl adjacent to an activating group) is 1. The van der Waals surface area contributed by atoms with Crippen LogP contribution in [0.1, 0.15) is 30.5 Å². The molecule has 1 atom stereocenters. The fraction of sp³-hybridized carbons (Fsp3) is 0.486. The second-order valence-electron chi connectivity index (χ2n) is 12.9. The molecule has 4 aliphatic rings. The number of carbonyl (C=O) groups excluding carboxylic acids is 1. The highest BCUT2D eigenvalue weighted by molar-refractivity contribution is 5.94. The SMILES string of the molecule is C=CC(=O)N1CCN(c2nc(OCC3(N4CCN(C)CC4)CC3)nc3c2CCN(c2cccc4ccccc24)C3)C[C@@H]1CC#N. The molecule has 2 aromatic carbocycles. The predicted octanol–water partition coefficient (Wildman–Crippen LogP) is 3.47. The van der Waals surface area contributed by atoms with Gasteiger partial charge in [-0.3, -0.25) is 9.69 Å². The summed E-state index contributed by atoms with van der Waals surface area (Å²) < 4.78 is 6.52. The van der Waals surface area contributed by atoms with Gasteiger partial charge in [0.25, 0.3) is 0 Å². The van der Waals surface area contributed by atoms with Crippen molar-refractivity contribution in [1.29, 1.82) is 5.26 Å². The standard InChI is InChI=1S/C35H42N8O2/c1-3-32(44)43-22-19-41(23-27(43)11-15-36)33-29-12-16-40(31-10-6-8-26-7-4-5-9-28(26)31)24-30(29)37-34(38-33)45-25-35(13-14-35)42-20-17-39(2)18-21-42/h3-10,27H,1,11-14,16-25H2,2H3/t27-/m0/s1. The van der Waals surface area contributed by atoms with Crippen LogP contribution in [0.15, 0.2) is 55.1 Å². The fourth-order valence-corrected chi connectivity index (χ4v) is 7.32. The van der Waals surface area contributed by atoms with Crippen molar-refractivity contribution in [2.75, 3.05) is 75.8 Å². The van der Waals surface area contributed by atoms with E-state index in [4.69, 9.17) is 14.7 Å². The molecular formula is C35H42N8O2. The van der Waals surface area contributed by atoms with Crippen molar-refractivity contribution in [2.45, 2.75) is 43.8 Å². The Balaban J connectivity index is 1.19. The number of nitrogens with zero attached hydrogens (tertiary/aromatic N) is 8. The van der Waals surface area contributed by atoms with E-state index in [9.17, 15) is 10.1 Å². The molecule has 1 amide bonds. The van der Waals surface area contributed by atoms with Gasteiger partial charge in [0.15, 0.2) is 0 Å². The highest BCUT2D eigenvalue weighted by Crippen LogP contribution is 2.43. The monoisotopic (exact) mass is 606 g/mol. The van der Waals surface area contributed by atoms with Crippen LogP contribution in [0.25, 0.3) is 10.8 Å². The molecule has 0 spiro atoms. The minimum absolute atomic E-state index is 0.0737. The van der Waals surface area contributed by atoms with E-state index in [-0.39, 0.29) is 23.9 Å². The van der Waals surface area contributed by atoms with Gasteiger partial charge >= 0.3 is 6.01 Å². The lowest BCUT2D eigenvalue weighted by Crippen LogP contribution is -2.55. The number of fused-ring (bicyclic) bond motifs is 2. The molecule has 45 heavy (non-hydrogen) atoms. The maximum absolute atomic E-state index is 12.6. The Morgan fingerprint density at radius 1 is 1.04 bits per heavy atom. The zero-order valence-corrected chi connectivity index (χ0v) is 26.2. The zero-order chi connectivity index (χ0) is 31.0. The Kier molecular flexibility index (Phi) is 8.06. The predicted molar refractivity (Wildman–Crippen MR) is 175 cm³/mol. The quantitative estimate of drug-likeness (QED) is 0.358. The summed E-state index contributed by atoms with van der Waals surface area (Å²) in [6, 6.07) is 17.5. The maximum Gasteiger partial charge on any atom is 0.318 e. The number of anilines is 2. The van der Waals surface area contributed by atoms with Crippen molar-refractivity contribution in [3.8, 4) is 12.1 Å². The smallest absolute Gasteiger partial charge is 0.318 e. The molecule has 234 valence electrons. The van der Waals surface area contributed by atoms with Crippen LogP contribution in [0.2, 0.25) is 0 Å². The number of ether oxygens (including phenoxy) is 1. The largest absolute Gasteiger partial charge is 0.461 e. The summed E-state index contributed by atoms with van der Waals surface area (Å²) in [5.74, 6) is 0.749. The van der Waals surface area contributed by atoms with Gasteiger partial charge in [0.1, 0.15) is 12.4 Å². The second-order valence-corrected chi connectivity index (χ2v) is 12.9. The number of benzene rings is 2. The molecule has 2 saturated heterocycles. The van der Waals surface area contributed by atoms with Crippen LogP contribution in [0, 0.1) is 11.3 Å². The molecule has 7 rings (SSSR count).